The van der Waals surface area contributed by atoms with E-state index in [0.717, 1.165) is 5.69 Å². The smallest absolute Gasteiger partial charge is 0.255 e. The van der Waals surface area contributed by atoms with Crippen LogP contribution >= 0.6 is 0 Å². The lowest BCUT2D eigenvalue weighted by molar-refractivity contribution is 0.0756. The molecule has 33 heavy (non-hydrogen) atoms. The molecular formula is C24H23F2N5O2. The van der Waals surface area contributed by atoms with Gasteiger partial charge in [-0.2, -0.15) is 0 Å². The second kappa shape index (κ2) is 8.40. The van der Waals surface area contributed by atoms with Gasteiger partial charge in [0.1, 0.15) is 17.5 Å². The number of pyridine rings is 2. The van der Waals surface area contributed by atoms with Gasteiger partial charge < -0.3 is 20.3 Å². The molecule has 0 aliphatic carbocycles. The fraction of sp³-hybridized carbons (Fsp3) is 0.292. The first-order valence-electron chi connectivity index (χ1n) is 10.8. The van der Waals surface area contributed by atoms with E-state index in [1.54, 1.807) is 6.20 Å². The van der Waals surface area contributed by atoms with Crippen LogP contribution in [-0.4, -0.2) is 41.2 Å². The summed E-state index contributed by atoms with van der Waals surface area (Å²) < 4.78 is 34.4. The summed E-state index contributed by atoms with van der Waals surface area (Å²) >= 11 is 0. The molecule has 1 amide bonds. The predicted molar refractivity (Wildman–Crippen MR) is 121 cm³/mol. The Kier molecular flexibility index (Phi) is 5.41. The maximum atomic E-state index is 14.4. The summed E-state index contributed by atoms with van der Waals surface area (Å²) in [6.45, 7) is 5.69. The van der Waals surface area contributed by atoms with Gasteiger partial charge in [0.05, 0.1) is 59.8 Å². The summed E-state index contributed by atoms with van der Waals surface area (Å²) in [5.41, 5.74) is 2.00. The third kappa shape index (κ3) is 3.89. The largest absolute Gasteiger partial charge is 0.377 e. The molecule has 9 heteroatoms. The standard InChI is InChI=1S/C24H23F2N5O2/c1-13-11-33-12-14(2)31(13)15-6-7-21(27-9-15)30-19-8-18(22-16(25)4-3-5-17(22)26)29-20-10-28-24(32)23(19)20/h3-9,13-14H,10-12H2,1-2H3,(H,28,32)(H,27,29,30)/t13-,14-/m0/s1. The minimum absolute atomic E-state index is 0.107. The lowest BCUT2D eigenvalue weighted by atomic mass is 10.1. The summed E-state index contributed by atoms with van der Waals surface area (Å²) in [7, 11) is 0. The van der Waals surface area contributed by atoms with Gasteiger partial charge in [0.15, 0.2) is 0 Å². The third-order valence-corrected chi connectivity index (χ3v) is 5.93. The van der Waals surface area contributed by atoms with E-state index in [4.69, 9.17) is 4.74 Å². The van der Waals surface area contributed by atoms with E-state index >= 15 is 0 Å². The van der Waals surface area contributed by atoms with Gasteiger partial charge in [-0.3, -0.25) is 4.79 Å². The van der Waals surface area contributed by atoms with Gasteiger partial charge in [0.25, 0.3) is 5.91 Å². The monoisotopic (exact) mass is 451 g/mol. The number of carbonyl (C=O) groups excluding carboxylic acids is 1. The average molecular weight is 451 g/mol. The Morgan fingerprint density at radius 1 is 1.09 bits per heavy atom. The van der Waals surface area contributed by atoms with Crippen molar-refractivity contribution in [3.63, 3.8) is 0 Å². The fourth-order valence-electron chi connectivity index (χ4n) is 4.46. The lowest BCUT2D eigenvalue weighted by Crippen LogP contribution is -2.49. The first-order valence-corrected chi connectivity index (χ1v) is 10.8. The predicted octanol–water partition coefficient (Wildman–Crippen LogP) is 4.02. The van der Waals surface area contributed by atoms with Crippen molar-refractivity contribution in [2.75, 3.05) is 23.4 Å². The van der Waals surface area contributed by atoms with E-state index < -0.39 is 11.6 Å². The molecule has 0 unspecified atom stereocenters. The van der Waals surface area contributed by atoms with Crippen LogP contribution < -0.4 is 15.5 Å². The number of fused-ring (bicyclic) bond motifs is 1. The van der Waals surface area contributed by atoms with E-state index in [0.29, 0.717) is 36.0 Å². The topological polar surface area (TPSA) is 79.4 Å². The Morgan fingerprint density at radius 2 is 1.82 bits per heavy atom. The number of amides is 1. The number of ether oxygens (including phenoxy) is 1. The van der Waals surface area contributed by atoms with E-state index in [2.05, 4.69) is 39.3 Å². The van der Waals surface area contributed by atoms with Crippen molar-refractivity contribution >= 4 is 23.1 Å². The Balaban J connectivity index is 1.49. The van der Waals surface area contributed by atoms with Crippen LogP contribution in [-0.2, 0) is 11.3 Å². The van der Waals surface area contributed by atoms with Crippen LogP contribution in [0.25, 0.3) is 11.3 Å². The number of benzene rings is 1. The van der Waals surface area contributed by atoms with E-state index in [1.807, 2.05) is 12.1 Å². The van der Waals surface area contributed by atoms with Crippen LogP contribution in [0.2, 0.25) is 0 Å². The number of carbonyl (C=O) groups is 1. The van der Waals surface area contributed by atoms with Crippen molar-refractivity contribution in [3.05, 3.63) is 65.5 Å². The van der Waals surface area contributed by atoms with E-state index in [1.165, 1.54) is 24.3 Å². The normalized spacial score (nSPS) is 19.9. The van der Waals surface area contributed by atoms with Gasteiger partial charge in [-0.15, -0.1) is 0 Å². The summed E-state index contributed by atoms with van der Waals surface area (Å²) in [5, 5.41) is 5.85. The molecule has 3 aromatic rings. The maximum Gasteiger partial charge on any atom is 0.255 e. The number of nitrogens with one attached hydrogen (secondary N) is 2. The number of hydrogen-bond donors (Lipinski definition) is 2. The summed E-state index contributed by atoms with van der Waals surface area (Å²) in [6, 6.07) is 9.34. The SMILES string of the molecule is C[C@H]1COC[C@H](C)N1c1ccc(Nc2cc(-c3c(F)cccc3F)nc3c2C(=O)NC3)nc1. The van der Waals surface area contributed by atoms with Crippen LogP contribution in [0, 0.1) is 11.6 Å². The van der Waals surface area contributed by atoms with Crippen LogP contribution in [0.5, 0.6) is 0 Å². The molecule has 1 saturated heterocycles. The highest BCUT2D eigenvalue weighted by molar-refractivity contribution is 6.04. The lowest BCUT2D eigenvalue weighted by Gasteiger charge is -2.40. The Morgan fingerprint density at radius 3 is 2.48 bits per heavy atom. The first kappa shape index (κ1) is 21.3. The molecule has 0 bridgehead atoms. The van der Waals surface area contributed by atoms with Crippen molar-refractivity contribution < 1.29 is 18.3 Å². The van der Waals surface area contributed by atoms with Crippen molar-refractivity contribution in [1.82, 2.24) is 15.3 Å². The molecule has 170 valence electrons. The molecule has 0 spiro atoms. The van der Waals surface area contributed by atoms with Gasteiger partial charge in [0.2, 0.25) is 0 Å². The van der Waals surface area contributed by atoms with Crippen LogP contribution in [0.4, 0.5) is 26.0 Å². The zero-order valence-electron chi connectivity index (χ0n) is 18.2. The molecule has 4 heterocycles. The fourth-order valence-corrected chi connectivity index (χ4v) is 4.46. The Labute approximate surface area is 189 Å². The van der Waals surface area contributed by atoms with Gasteiger partial charge >= 0.3 is 0 Å². The van der Waals surface area contributed by atoms with Gasteiger partial charge in [-0.05, 0) is 44.2 Å². The van der Waals surface area contributed by atoms with Crippen molar-refractivity contribution in [1.29, 1.82) is 0 Å². The molecule has 2 N–H and O–H groups in total. The molecule has 2 aromatic heterocycles. The number of hydrogen-bond acceptors (Lipinski definition) is 6. The average Bonchev–Trinajstić information content (AvgIpc) is 3.16. The number of anilines is 3. The van der Waals surface area contributed by atoms with Crippen LogP contribution in [0.1, 0.15) is 29.9 Å². The highest BCUT2D eigenvalue weighted by Crippen LogP contribution is 2.33. The highest BCUT2D eigenvalue weighted by atomic mass is 19.1. The third-order valence-electron chi connectivity index (χ3n) is 5.93. The quantitative estimate of drug-likeness (QED) is 0.624. The number of aromatic nitrogens is 2. The summed E-state index contributed by atoms with van der Waals surface area (Å²) in [6.07, 6.45) is 1.76. The number of rotatable bonds is 4. The second-order valence-electron chi connectivity index (χ2n) is 8.33. The molecule has 1 aromatic carbocycles. The minimum atomic E-state index is -0.720. The molecule has 0 radical (unpaired) electrons. The molecule has 7 nitrogen and oxygen atoms in total. The Bertz CT molecular complexity index is 1190. The molecule has 5 rings (SSSR count). The first-order chi connectivity index (χ1) is 15.9. The van der Waals surface area contributed by atoms with E-state index in [-0.39, 0.29) is 35.8 Å². The summed E-state index contributed by atoms with van der Waals surface area (Å²) in [4.78, 5) is 23.5. The summed E-state index contributed by atoms with van der Waals surface area (Å²) in [5.74, 6) is -1.24. The zero-order valence-corrected chi connectivity index (χ0v) is 18.2. The van der Waals surface area contributed by atoms with Crippen molar-refractivity contribution in [3.8, 4) is 11.3 Å². The van der Waals surface area contributed by atoms with Crippen molar-refractivity contribution in [2.24, 2.45) is 0 Å². The molecular weight excluding hydrogens is 428 g/mol. The molecule has 1 fully saturated rings. The van der Waals surface area contributed by atoms with Gasteiger partial charge in [-0.1, -0.05) is 6.07 Å². The highest BCUT2D eigenvalue weighted by Gasteiger charge is 2.28. The van der Waals surface area contributed by atoms with E-state index in [9.17, 15) is 13.6 Å². The molecule has 2 aliphatic rings. The Hall–Kier alpha value is -3.59. The maximum absolute atomic E-state index is 14.4. The molecule has 2 atom stereocenters. The van der Waals surface area contributed by atoms with Crippen molar-refractivity contribution in [2.45, 2.75) is 32.5 Å². The number of halogens is 2. The molecule has 0 saturated carbocycles. The second-order valence-corrected chi connectivity index (χ2v) is 8.33. The zero-order chi connectivity index (χ0) is 23.1. The van der Waals surface area contributed by atoms with Gasteiger partial charge in [0, 0.05) is 12.1 Å². The molecule has 2 aliphatic heterocycles. The number of morpholine rings is 1. The van der Waals surface area contributed by atoms with Gasteiger partial charge in [-0.25, -0.2) is 18.7 Å². The number of nitrogens with zero attached hydrogens (tertiary/aromatic N) is 3. The van der Waals surface area contributed by atoms with Crippen LogP contribution in [0.3, 0.4) is 0 Å². The minimum Gasteiger partial charge on any atom is -0.377 e. The van der Waals surface area contributed by atoms with Crippen LogP contribution in [0.15, 0.2) is 42.6 Å².